The summed E-state index contributed by atoms with van der Waals surface area (Å²) in [5, 5.41) is 4.53. The van der Waals surface area contributed by atoms with Gasteiger partial charge in [0.05, 0.1) is 18.4 Å². The lowest BCUT2D eigenvalue weighted by Gasteiger charge is -2.12. The highest BCUT2D eigenvalue weighted by atomic mass is 35.5. The lowest BCUT2D eigenvalue weighted by atomic mass is 10.2. The summed E-state index contributed by atoms with van der Waals surface area (Å²) in [6, 6.07) is 20.3. The summed E-state index contributed by atoms with van der Waals surface area (Å²) < 4.78 is 16.6. The number of unbranched alkanes of at least 4 members (excludes halogenated alkanes) is 1. The molecule has 182 valence electrons. The number of esters is 1. The fraction of sp³-hybridized carbons (Fsp3) is 0.222. The normalized spacial score (nSPS) is 11.6. The van der Waals surface area contributed by atoms with Gasteiger partial charge in [-0.2, -0.15) is 5.10 Å². The van der Waals surface area contributed by atoms with Crippen molar-refractivity contribution in [1.82, 2.24) is 5.43 Å². The zero-order valence-corrected chi connectivity index (χ0v) is 20.3. The minimum atomic E-state index is -0.743. The van der Waals surface area contributed by atoms with Crippen LogP contribution in [0.15, 0.2) is 77.9 Å². The van der Waals surface area contributed by atoms with Crippen molar-refractivity contribution in [1.29, 1.82) is 0 Å². The monoisotopic (exact) mass is 494 g/mol. The van der Waals surface area contributed by atoms with Gasteiger partial charge in [-0.05, 0) is 91.7 Å². The minimum absolute atomic E-state index is 0.393. The number of halogens is 1. The van der Waals surface area contributed by atoms with Gasteiger partial charge in [0.15, 0.2) is 6.10 Å². The molecule has 0 aliphatic rings. The van der Waals surface area contributed by atoms with Gasteiger partial charge in [0.25, 0.3) is 5.91 Å². The van der Waals surface area contributed by atoms with Crippen LogP contribution in [0, 0.1) is 0 Å². The first kappa shape index (κ1) is 25.8. The lowest BCUT2D eigenvalue weighted by Crippen LogP contribution is -2.33. The van der Waals surface area contributed by atoms with Crippen LogP contribution in [0.2, 0.25) is 5.02 Å². The van der Waals surface area contributed by atoms with Crippen LogP contribution in [-0.4, -0.2) is 30.8 Å². The molecule has 0 unspecified atom stereocenters. The summed E-state index contributed by atoms with van der Waals surface area (Å²) >= 11 is 5.84. The smallest absolute Gasteiger partial charge is 0.343 e. The molecule has 0 aliphatic carbocycles. The van der Waals surface area contributed by atoms with E-state index in [0.717, 1.165) is 18.6 Å². The molecule has 0 fully saturated rings. The molecular formula is C27H27ClN2O5. The molecule has 7 nitrogen and oxygen atoms in total. The molecule has 0 radical (unpaired) electrons. The van der Waals surface area contributed by atoms with E-state index < -0.39 is 18.0 Å². The second kappa shape index (κ2) is 13.2. The fourth-order valence-corrected chi connectivity index (χ4v) is 2.97. The molecule has 0 spiro atoms. The van der Waals surface area contributed by atoms with Gasteiger partial charge in [-0.15, -0.1) is 0 Å². The predicted octanol–water partition coefficient (Wildman–Crippen LogP) is 5.66. The molecule has 1 atom stereocenters. The zero-order chi connectivity index (χ0) is 25.0. The number of ether oxygens (including phenoxy) is 3. The third-order valence-corrected chi connectivity index (χ3v) is 5.08. The third-order valence-electron chi connectivity index (χ3n) is 4.83. The topological polar surface area (TPSA) is 86.2 Å². The van der Waals surface area contributed by atoms with Crippen molar-refractivity contribution in [2.24, 2.45) is 5.10 Å². The number of nitrogens with one attached hydrogen (secondary N) is 1. The summed E-state index contributed by atoms with van der Waals surface area (Å²) in [5.74, 6) is 0.778. The summed E-state index contributed by atoms with van der Waals surface area (Å²) in [4.78, 5) is 24.5. The zero-order valence-electron chi connectivity index (χ0n) is 19.6. The van der Waals surface area contributed by atoms with E-state index in [4.69, 9.17) is 25.8 Å². The first-order valence-corrected chi connectivity index (χ1v) is 11.6. The Morgan fingerprint density at radius 1 is 0.943 bits per heavy atom. The molecule has 3 rings (SSSR count). The number of carbonyl (C=O) groups excluding carboxylic acids is 2. The van der Waals surface area contributed by atoms with Crippen molar-refractivity contribution in [2.45, 2.75) is 32.8 Å². The molecule has 0 saturated heterocycles. The Bertz CT molecular complexity index is 1130. The van der Waals surface area contributed by atoms with E-state index in [-0.39, 0.29) is 0 Å². The summed E-state index contributed by atoms with van der Waals surface area (Å²) in [5.41, 5.74) is 3.58. The predicted molar refractivity (Wildman–Crippen MR) is 136 cm³/mol. The maximum Gasteiger partial charge on any atom is 0.343 e. The number of carbonyl (C=O) groups is 2. The van der Waals surface area contributed by atoms with Crippen LogP contribution >= 0.6 is 11.6 Å². The Labute approximate surface area is 209 Å². The van der Waals surface area contributed by atoms with E-state index in [1.807, 2.05) is 0 Å². The number of amides is 1. The molecule has 1 N–H and O–H groups in total. The van der Waals surface area contributed by atoms with Gasteiger partial charge in [-0.3, -0.25) is 4.79 Å². The average molecular weight is 495 g/mol. The Balaban J connectivity index is 1.46. The number of hydrogen-bond donors (Lipinski definition) is 1. The molecule has 0 bridgehead atoms. The first-order chi connectivity index (χ1) is 16.9. The van der Waals surface area contributed by atoms with E-state index in [1.165, 1.54) is 6.21 Å². The van der Waals surface area contributed by atoms with Crippen LogP contribution in [0.3, 0.4) is 0 Å². The maximum atomic E-state index is 12.4. The standard InChI is InChI=1S/C27H27ClN2O5/c1-3-4-17-33-23-13-7-21(8-14-23)27(32)35-25-11-5-20(6-12-25)18-29-30-26(31)19(2)34-24-15-9-22(28)10-16-24/h5-16,18-19H,3-4,17H2,1-2H3,(H,30,31)/b29-18-/t19-/m0/s1. The molecule has 0 aliphatic heterocycles. The Kier molecular flexibility index (Phi) is 9.69. The van der Waals surface area contributed by atoms with Gasteiger partial charge >= 0.3 is 5.97 Å². The van der Waals surface area contributed by atoms with Gasteiger partial charge in [-0.25, -0.2) is 10.2 Å². The van der Waals surface area contributed by atoms with Crippen molar-refractivity contribution >= 4 is 29.7 Å². The van der Waals surface area contributed by atoms with Crippen molar-refractivity contribution in [3.8, 4) is 17.2 Å². The van der Waals surface area contributed by atoms with Gasteiger partial charge in [0.2, 0.25) is 0 Å². The van der Waals surface area contributed by atoms with Gasteiger partial charge in [-0.1, -0.05) is 24.9 Å². The molecule has 0 saturated carbocycles. The van der Waals surface area contributed by atoms with Gasteiger partial charge in [0.1, 0.15) is 17.2 Å². The van der Waals surface area contributed by atoms with E-state index >= 15 is 0 Å². The van der Waals surface area contributed by atoms with Crippen LogP contribution in [0.1, 0.15) is 42.6 Å². The molecule has 0 aromatic heterocycles. The molecule has 35 heavy (non-hydrogen) atoms. The summed E-state index contributed by atoms with van der Waals surface area (Å²) in [6.07, 6.45) is 2.78. The van der Waals surface area contributed by atoms with Crippen molar-refractivity contribution in [3.05, 3.63) is 88.9 Å². The molecule has 1 amide bonds. The largest absolute Gasteiger partial charge is 0.494 e. The van der Waals surface area contributed by atoms with E-state index in [0.29, 0.717) is 34.3 Å². The van der Waals surface area contributed by atoms with Crippen molar-refractivity contribution in [2.75, 3.05) is 6.61 Å². The average Bonchev–Trinajstić information content (AvgIpc) is 2.87. The van der Waals surface area contributed by atoms with Gasteiger partial charge in [0, 0.05) is 5.02 Å². The van der Waals surface area contributed by atoms with Crippen LogP contribution in [0.5, 0.6) is 17.2 Å². The Morgan fingerprint density at radius 3 is 2.23 bits per heavy atom. The number of hydrogen-bond acceptors (Lipinski definition) is 6. The molecular weight excluding hydrogens is 468 g/mol. The fourth-order valence-electron chi connectivity index (χ4n) is 2.84. The highest BCUT2D eigenvalue weighted by molar-refractivity contribution is 6.30. The van der Waals surface area contributed by atoms with E-state index in [1.54, 1.807) is 79.7 Å². The third kappa shape index (κ3) is 8.46. The van der Waals surface area contributed by atoms with Crippen LogP contribution in [0.25, 0.3) is 0 Å². The highest BCUT2D eigenvalue weighted by Gasteiger charge is 2.14. The second-order valence-corrected chi connectivity index (χ2v) is 8.07. The lowest BCUT2D eigenvalue weighted by molar-refractivity contribution is -0.127. The number of nitrogens with zero attached hydrogens (tertiary/aromatic N) is 1. The summed E-state index contributed by atoms with van der Waals surface area (Å²) in [6.45, 7) is 4.37. The van der Waals surface area contributed by atoms with E-state index in [2.05, 4.69) is 17.5 Å². The van der Waals surface area contributed by atoms with Crippen LogP contribution in [-0.2, 0) is 4.79 Å². The minimum Gasteiger partial charge on any atom is -0.494 e. The second-order valence-electron chi connectivity index (χ2n) is 7.63. The number of rotatable bonds is 11. The van der Waals surface area contributed by atoms with Crippen molar-refractivity contribution < 1.29 is 23.8 Å². The van der Waals surface area contributed by atoms with Gasteiger partial charge < -0.3 is 14.2 Å². The highest BCUT2D eigenvalue weighted by Crippen LogP contribution is 2.18. The molecule has 0 heterocycles. The number of hydrazone groups is 1. The first-order valence-electron chi connectivity index (χ1n) is 11.2. The summed E-state index contributed by atoms with van der Waals surface area (Å²) in [7, 11) is 0. The van der Waals surface area contributed by atoms with Crippen LogP contribution < -0.4 is 19.6 Å². The quantitative estimate of drug-likeness (QED) is 0.122. The SMILES string of the molecule is CCCCOc1ccc(C(=O)Oc2ccc(/C=N\NC(=O)[C@H](C)Oc3ccc(Cl)cc3)cc2)cc1. The number of benzene rings is 3. The maximum absolute atomic E-state index is 12.4. The Morgan fingerprint density at radius 2 is 1.57 bits per heavy atom. The van der Waals surface area contributed by atoms with Crippen molar-refractivity contribution in [3.63, 3.8) is 0 Å². The Hall–Kier alpha value is -3.84. The molecule has 8 heteroatoms. The van der Waals surface area contributed by atoms with E-state index in [9.17, 15) is 9.59 Å². The molecule has 3 aromatic carbocycles. The van der Waals surface area contributed by atoms with Crippen LogP contribution in [0.4, 0.5) is 0 Å². The molecule has 3 aromatic rings.